The van der Waals surface area contributed by atoms with Gasteiger partial charge in [-0.05, 0) is 50.5 Å². The lowest BCUT2D eigenvalue weighted by Crippen LogP contribution is -2.38. The van der Waals surface area contributed by atoms with Gasteiger partial charge in [-0.15, -0.1) is 0 Å². The number of thiocarbonyl (C=S) groups is 1. The van der Waals surface area contributed by atoms with Crippen LogP contribution in [0.15, 0.2) is 18.2 Å². The molecule has 0 amide bonds. The van der Waals surface area contributed by atoms with E-state index in [0.717, 1.165) is 10.8 Å². The third-order valence-electron chi connectivity index (χ3n) is 3.57. The number of hydrogen-bond donors (Lipinski definition) is 2. The molecule has 0 aromatic heterocycles. The number of aryl methyl sites for hydroxylation is 2. The quantitative estimate of drug-likeness (QED) is 0.790. The molecule has 0 heterocycles. The summed E-state index contributed by atoms with van der Waals surface area (Å²) in [7, 11) is 0. The fourth-order valence-electron chi connectivity index (χ4n) is 2.54. The van der Waals surface area contributed by atoms with Gasteiger partial charge in [-0.25, -0.2) is 0 Å². The van der Waals surface area contributed by atoms with Crippen LogP contribution in [0, 0.1) is 13.8 Å². The van der Waals surface area contributed by atoms with Crippen LogP contribution in [0.1, 0.15) is 43.2 Å². The van der Waals surface area contributed by atoms with E-state index in [1.807, 2.05) is 0 Å². The smallest absolute Gasteiger partial charge is 0.171 e. The lowest BCUT2D eigenvalue weighted by atomic mass is 9.96. The van der Waals surface area contributed by atoms with Gasteiger partial charge in [-0.3, -0.25) is 0 Å². The largest absolute Gasteiger partial charge is 0.360 e. The summed E-state index contributed by atoms with van der Waals surface area (Å²) < 4.78 is 0. The van der Waals surface area contributed by atoms with Crippen LogP contribution in [-0.4, -0.2) is 11.2 Å². The first-order valence-electron chi connectivity index (χ1n) is 6.80. The summed E-state index contributed by atoms with van der Waals surface area (Å²) in [4.78, 5) is 0. The highest BCUT2D eigenvalue weighted by Crippen LogP contribution is 2.19. The number of hydrogen-bond acceptors (Lipinski definition) is 1. The Balaban J connectivity index is 1.90. The van der Waals surface area contributed by atoms with E-state index in [1.54, 1.807) is 0 Å². The summed E-state index contributed by atoms with van der Waals surface area (Å²) in [6, 6.07) is 6.94. The Labute approximate surface area is 115 Å². The van der Waals surface area contributed by atoms with E-state index in [2.05, 4.69) is 42.7 Å². The van der Waals surface area contributed by atoms with Gasteiger partial charge in [0.1, 0.15) is 0 Å². The molecule has 0 spiro atoms. The van der Waals surface area contributed by atoms with Gasteiger partial charge in [0.2, 0.25) is 0 Å². The zero-order chi connectivity index (χ0) is 13.0. The predicted molar refractivity (Wildman–Crippen MR) is 82.1 cm³/mol. The van der Waals surface area contributed by atoms with Crippen LogP contribution in [0.4, 0.5) is 5.69 Å². The van der Waals surface area contributed by atoms with Crippen molar-refractivity contribution in [1.82, 2.24) is 5.32 Å². The van der Waals surface area contributed by atoms with Gasteiger partial charge in [-0.2, -0.15) is 0 Å². The van der Waals surface area contributed by atoms with E-state index in [1.165, 1.54) is 43.2 Å². The van der Waals surface area contributed by atoms with Crippen LogP contribution < -0.4 is 10.6 Å². The summed E-state index contributed by atoms with van der Waals surface area (Å²) in [6.07, 6.45) is 6.51. The summed E-state index contributed by atoms with van der Waals surface area (Å²) in [5, 5.41) is 7.49. The van der Waals surface area contributed by atoms with Gasteiger partial charge in [0, 0.05) is 11.7 Å². The van der Waals surface area contributed by atoms with Crippen LogP contribution >= 0.6 is 12.2 Å². The summed E-state index contributed by atoms with van der Waals surface area (Å²) in [6.45, 7) is 4.22. The molecule has 0 bridgehead atoms. The van der Waals surface area contributed by atoms with Gasteiger partial charge < -0.3 is 10.6 Å². The Morgan fingerprint density at radius 3 is 2.56 bits per heavy atom. The fraction of sp³-hybridized carbons (Fsp3) is 0.533. The van der Waals surface area contributed by atoms with Crippen molar-refractivity contribution in [2.75, 3.05) is 5.32 Å². The first-order valence-corrected chi connectivity index (χ1v) is 7.21. The molecule has 3 heteroatoms. The number of rotatable bonds is 2. The normalized spacial score (nSPS) is 16.3. The lowest BCUT2D eigenvalue weighted by molar-refractivity contribution is 0.415. The van der Waals surface area contributed by atoms with Crippen molar-refractivity contribution in [3.05, 3.63) is 29.3 Å². The van der Waals surface area contributed by atoms with Gasteiger partial charge in [0.05, 0.1) is 0 Å². The van der Waals surface area contributed by atoms with E-state index < -0.39 is 0 Å². The maximum atomic E-state index is 5.39. The van der Waals surface area contributed by atoms with Crippen LogP contribution in [-0.2, 0) is 0 Å². The van der Waals surface area contributed by atoms with Gasteiger partial charge >= 0.3 is 0 Å². The number of benzene rings is 1. The maximum absolute atomic E-state index is 5.39. The van der Waals surface area contributed by atoms with Crippen molar-refractivity contribution in [2.45, 2.75) is 52.0 Å². The highest BCUT2D eigenvalue weighted by molar-refractivity contribution is 7.80. The van der Waals surface area contributed by atoms with Crippen molar-refractivity contribution < 1.29 is 0 Å². The molecule has 2 nitrogen and oxygen atoms in total. The molecule has 0 radical (unpaired) electrons. The second-order valence-electron chi connectivity index (χ2n) is 5.25. The minimum absolute atomic E-state index is 0.560. The molecule has 2 N–H and O–H groups in total. The molecule has 2 rings (SSSR count). The Morgan fingerprint density at radius 1 is 1.17 bits per heavy atom. The molecule has 0 aliphatic heterocycles. The number of anilines is 1. The predicted octanol–water partition coefficient (Wildman–Crippen LogP) is 3.92. The Kier molecular flexibility index (Phi) is 4.59. The average Bonchev–Trinajstić information content (AvgIpc) is 2.34. The van der Waals surface area contributed by atoms with Crippen molar-refractivity contribution >= 4 is 23.0 Å². The van der Waals surface area contributed by atoms with Crippen molar-refractivity contribution in [2.24, 2.45) is 0 Å². The molecule has 98 valence electrons. The van der Waals surface area contributed by atoms with Crippen LogP contribution in [0.2, 0.25) is 0 Å². The first kappa shape index (κ1) is 13.3. The second-order valence-corrected chi connectivity index (χ2v) is 5.66. The monoisotopic (exact) mass is 262 g/mol. The molecule has 1 aliphatic carbocycles. The molecule has 0 atom stereocenters. The van der Waals surface area contributed by atoms with Crippen molar-refractivity contribution in [3.8, 4) is 0 Å². The fourth-order valence-corrected chi connectivity index (χ4v) is 2.82. The Bertz CT molecular complexity index is 423. The first-order chi connectivity index (χ1) is 8.65. The summed E-state index contributed by atoms with van der Waals surface area (Å²) >= 11 is 5.39. The third kappa shape index (κ3) is 3.70. The molecule has 0 unspecified atom stereocenters. The summed E-state index contributed by atoms with van der Waals surface area (Å²) in [5.41, 5.74) is 3.63. The van der Waals surface area contributed by atoms with Crippen molar-refractivity contribution in [1.29, 1.82) is 0 Å². The zero-order valence-electron chi connectivity index (χ0n) is 11.3. The molecule has 18 heavy (non-hydrogen) atoms. The maximum Gasteiger partial charge on any atom is 0.171 e. The van der Waals surface area contributed by atoms with Crippen LogP contribution in [0.25, 0.3) is 0 Å². The molecule has 0 saturated heterocycles. The standard InChI is InChI=1S/C15H22N2S/c1-11-8-9-14(12(2)10-11)17-15(18)16-13-6-4-3-5-7-13/h8-10,13H,3-7H2,1-2H3,(H2,16,17,18). The lowest BCUT2D eigenvalue weighted by Gasteiger charge is -2.24. The Morgan fingerprint density at radius 2 is 1.89 bits per heavy atom. The third-order valence-corrected chi connectivity index (χ3v) is 3.79. The average molecular weight is 262 g/mol. The molecular formula is C15H22N2S. The molecule has 1 aromatic carbocycles. The molecule has 1 saturated carbocycles. The van der Waals surface area contributed by atoms with E-state index in [-0.39, 0.29) is 0 Å². The molecule has 1 fully saturated rings. The topological polar surface area (TPSA) is 24.1 Å². The molecule has 1 aromatic rings. The minimum Gasteiger partial charge on any atom is -0.360 e. The van der Waals surface area contributed by atoms with Crippen LogP contribution in [0.5, 0.6) is 0 Å². The van der Waals surface area contributed by atoms with E-state index in [0.29, 0.717) is 6.04 Å². The van der Waals surface area contributed by atoms with Crippen LogP contribution in [0.3, 0.4) is 0 Å². The van der Waals surface area contributed by atoms with Gasteiger partial charge in [-0.1, -0.05) is 37.0 Å². The number of nitrogens with one attached hydrogen (secondary N) is 2. The van der Waals surface area contributed by atoms with E-state index in [9.17, 15) is 0 Å². The highest BCUT2D eigenvalue weighted by Gasteiger charge is 2.14. The summed E-state index contributed by atoms with van der Waals surface area (Å²) in [5.74, 6) is 0. The molecule has 1 aliphatic rings. The van der Waals surface area contributed by atoms with Gasteiger partial charge in [0.15, 0.2) is 5.11 Å². The van der Waals surface area contributed by atoms with Crippen molar-refractivity contribution in [3.63, 3.8) is 0 Å². The second kappa shape index (κ2) is 6.19. The SMILES string of the molecule is Cc1ccc(NC(=S)NC2CCCCC2)c(C)c1. The molecular weight excluding hydrogens is 240 g/mol. The van der Waals surface area contributed by atoms with E-state index >= 15 is 0 Å². The van der Waals surface area contributed by atoms with Gasteiger partial charge in [0.25, 0.3) is 0 Å². The van der Waals surface area contributed by atoms with E-state index in [4.69, 9.17) is 12.2 Å². The minimum atomic E-state index is 0.560. The zero-order valence-corrected chi connectivity index (χ0v) is 12.1. The highest BCUT2D eigenvalue weighted by atomic mass is 32.1. The Hall–Kier alpha value is -1.09.